The van der Waals surface area contributed by atoms with Crippen molar-refractivity contribution in [1.82, 2.24) is 9.88 Å². The van der Waals surface area contributed by atoms with E-state index in [0.29, 0.717) is 22.7 Å². The fourth-order valence-corrected chi connectivity index (χ4v) is 3.20. The number of nitrogens with zero attached hydrogens (tertiary/aromatic N) is 1. The molecule has 0 unspecified atom stereocenters. The number of aromatic nitrogens is 1. The van der Waals surface area contributed by atoms with Gasteiger partial charge in [-0.3, -0.25) is 9.59 Å². The van der Waals surface area contributed by atoms with Crippen LogP contribution in [0.4, 0.5) is 0 Å². The Labute approximate surface area is 157 Å². The van der Waals surface area contributed by atoms with E-state index >= 15 is 0 Å². The van der Waals surface area contributed by atoms with Gasteiger partial charge in [-0.05, 0) is 35.6 Å². The summed E-state index contributed by atoms with van der Waals surface area (Å²) in [7, 11) is 0. The van der Waals surface area contributed by atoms with Gasteiger partial charge in [-0.1, -0.05) is 55.8 Å². The topological polar surface area (TPSA) is 53.2 Å². The molecule has 3 rings (SSSR count). The molecule has 1 aromatic heterocycles. The molecule has 26 heavy (non-hydrogen) atoms. The van der Waals surface area contributed by atoms with Crippen molar-refractivity contribution < 1.29 is 4.79 Å². The third-order valence-electron chi connectivity index (χ3n) is 4.17. The maximum atomic E-state index is 13.0. The Morgan fingerprint density at radius 2 is 1.81 bits per heavy atom. The number of H-pyrrole nitrogens is 1. The molecule has 0 aliphatic heterocycles. The van der Waals surface area contributed by atoms with E-state index in [-0.39, 0.29) is 23.9 Å². The summed E-state index contributed by atoms with van der Waals surface area (Å²) in [6.07, 6.45) is 0. The number of hydrogen-bond acceptors (Lipinski definition) is 2. The van der Waals surface area contributed by atoms with E-state index in [0.717, 1.165) is 10.9 Å². The second-order valence-electron chi connectivity index (χ2n) is 6.77. The summed E-state index contributed by atoms with van der Waals surface area (Å²) in [5.74, 6) is 0.0952. The van der Waals surface area contributed by atoms with Crippen molar-refractivity contribution in [3.05, 3.63) is 81.1 Å². The van der Waals surface area contributed by atoms with Gasteiger partial charge >= 0.3 is 0 Å². The summed E-state index contributed by atoms with van der Waals surface area (Å²) in [5, 5.41) is 1.36. The van der Waals surface area contributed by atoms with Crippen molar-refractivity contribution in [1.29, 1.82) is 0 Å². The summed E-state index contributed by atoms with van der Waals surface area (Å²) in [6.45, 7) is 4.85. The lowest BCUT2D eigenvalue weighted by Gasteiger charge is -2.25. The molecule has 0 radical (unpaired) electrons. The summed E-state index contributed by atoms with van der Waals surface area (Å²) in [4.78, 5) is 30.0. The van der Waals surface area contributed by atoms with Gasteiger partial charge in [-0.25, -0.2) is 0 Å². The minimum Gasteiger partial charge on any atom is -0.334 e. The second-order valence-corrected chi connectivity index (χ2v) is 7.18. The first-order chi connectivity index (χ1) is 12.5. The molecule has 1 N–H and O–H groups in total. The number of pyridine rings is 1. The van der Waals surface area contributed by atoms with Gasteiger partial charge in [0.2, 0.25) is 0 Å². The second kappa shape index (κ2) is 7.75. The van der Waals surface area contributed by atoms with E-state index in [1.807, 2.05) is 44.2 Å². The molecule has 0 fully saturated rings. The number of fused-ring (bicyclic) bond motifs is 1. The quantitative estimate of drug-likeness (QED) is 0.721. The molecule has 3 aromatic rings. The van der Waals surface area contributed by atoms with Crippen molar-refractivity contribution in [3.8, 4) is 0 Å². The fraction of sp³-hybridized carbons (Fsp3) is 0.238. The van der Waals surface area contributed by atoms with E-state index < -0.39 is 0 Å². The van der Waals surface area contributed by atoms with E-state index in [2.05, 4.69) is 4.98 Å². The van der Waals surface area contributed by atoms with Gasteiger partial charge in [0, 0.05) is 17.6 Å². The first-order valence-corrected chi connectivity index (χ1v) is 8.98. The Bertz CT molecular complexity index is 994. The number of benzene rings is 2. The Morgan fingerprint density at radius 1 is 1.12 bits per heavy atom. The number of carbonyl (C=O) groups is 1. The molecule has 134 valence electrons. The Balaban J connectivity index is 1.97. The number of amides is 1. The lowest BCUT2D eigenvalue weighted by atomic mass is 10.1. The van der Waals surface area contributed by atoms with Crippen LogP contribution < -0.4 is 5.56 Å². The first kappa shape index (κ1) is 18.2. The highest BCUT2D eigenvalue weighted by atomic mass is 35.5. The van der Waals surface area contributed by atoms with Crippen LogP contribution >= 0.6 is 11.6 Å². The average Bonchev–Trinajstić information content (AvgIpc) is 2.61. The van der Waals surface area contributed by atoms with E-state index in [1.165, 1.54) is 0 Å². The number of hydrogen-bond donors (Lipinski definition) is 1. The molecule has 1 amide bonds. The van der Waals surface area contributed by atoms with E-state index in [4.69, 9.17) is 11.6 Å². The minimum atomic E-state index is -0.176. The maximum absolute atomic E-state index is 13.0. The molecular weight excluding hydrogens is 348 g/mol. The van der Waals surface area contributed by atoms with Gasteiger partial charge in [0.1, 0.15) is 0 Å². The Hall–Kier alpha value is -2.59. The fourth-order valence-electron chi connectivity index (χ4n) is 2.98. The van der Waals surface area contributed by atoms with E-state index in [9.17, 15) is 9.59 Å². The standard InChI is InChI=1S/C21H21ClN2O2/c1-14(2)12-24(21(26)17-8-4-5-9-18(17)22)13-16-11-15-7-3-6-10-19(15)23-20(16)25/h3-11,14H,12-13H2,1-2H3,(H,23,25). The Kier molecular flexibility index (Phi) is 5.43. The van der Waals surface area contributed by atoms with Crippen LogP contribution in [0.1, 0.15) is 29.8 Å². The molecule has 1 heterocycles. The van der Waals surface area contributed by atoms with E-state index in [1.54, 1.807) is 29.2 Å². The molecule has 0 aliphatic carbocycles. The van der Waals surface area contributed by atoms with Crippen LogP contribution in [0.3, 0.4) is 0 Å². The largest absolute Gasteiger partial charge is 0.334 e. The van der Waals surface area contributed by atoms with Crippen molar-refractivity contribution in [3.63, 3.8) is 0 Å². The van der Waals surface area contributed by atoms with Gasteiger partial charge in [0.25, 0.3) is 11.5 Å². The number of carbonyl (C=O) groups excluding carboxylic acids is 1. The third kappa shape index (κ3) is 3.97. The molecule has 5 heteroatoms. The molecule has 0 aliphatic rings. The highest BCUT2D eigenvalue weighted by Gasteiger charge is 2.20. The van der Waals surface area contributed by atoms with Crippen LogP contribution in [0, 0.1) is 5.92 Å². The number of para-hydroxylation sites is 1. The number of rotatable bonds is 5. The normalized spacial score (nSPS) is 11.1. The SMILES string of the molecule is CC(C)CN(Cc1cc2ccccc2[nH]c1=O)C(=O)c1ccccc1Cl. The van der Waals surface area contributed by atoms with Crippen LogP contribution in [0.2, 0.25) is 5.02 Å². The van der Waals surface area contributed by atoms with Gasteiger partial charge in [0.05, 0.1) is 17.1 Å². The van der Waals surface area contributed by atoms with Crippen molar-refractivity contribution in [2.75, 3.05) is 6.54 Å². The van der Waals surface area contributed by atoms with Gasteiger partial charge in [-0.15, -0.1) is 0 Å². The average molecular weight is 369 g/mol. The highest BCUT2D eigenvalue weighted by Crippen LogP contribution is 2.19. The molecule has 2 aromatic carbocycles. The monoisotopic (exact) mass is 368 g/mol. The van der Waals surface area contributed by atoms with Crippen LogP contribution in [-0.2, 0) is 6.54 Å². The highest BCUT2D eigenvalue weighted by molar-refractivity contribution is 6.33. The minimum absolute atomic E-state index is 0.170. The van der Waals surface area contributed by atoms with Crippen molar-refractivity contribution in [2.45, 2.75) is 20.4 Å². The van der Waals surface area contributed by atoms with Crippen molar-refractivity contribution >= 4 is 28.4 Å². The van der Waals surface area contributed by atoms with Gasteiger partial charge in [-0.2, -0.15) is 0 Å². The predicted molar refractivity (Wildman–Crippen MR) is 106 cm³/mol. The summed E-state index contributed by atoms with van der Waals surface area (Å²) < 4.78 is 0. The first-order valence-electron chi connectivity index (χ1n) is 8.60. The zero-order valence-corrected chi connectivity index (χ0v) is 15.6. The molecule has 0 spiro atoms. The molecule has 0 saturated carbocycles. The lowest BCUT2D eigenvalue weighted by molar-refractivity contribution is 0.0722. The number of aromatic amines is 1. The smallest absolute Gasteiger partial charge is 0.255 e. The van der Waals surface area contributed by atoms with Crippen LogP contribution in [0.15, 0.2) is 59.4 Å². The van der Waals surface area contributed by atoms with Gasteiger partial charge < -0.3 is 9.88 Å². The van der Waals surface area contributed by atoms with Crippen LogP contribution in [0.25, 0.3) is 10.9 Å². The molecule has 4 nitrogen and oxygen atoms in total. The number of nitrogens with one attached hydrogen (secondary N) is 1. The molecule has 0 saturated heterocycles. The molecular formula is C21H21ClN2O2. The van der Waals surface area contributed by atoms with Crippen LogP contribution in [-0.4, -0.2) is 22.3 Å². The zero-order valence-electron chi connectivity index (χ0n) is 14.8. The summed E-state index contributed by atoms with van der Waals surface area (Å²) in [5.41, 5.74) is 1.62. The Morgan fingerprint density at radius 3 is 2.54 bits per heavy atom. The molecule has 0 atom stereocenters. The number of halogens is 1. The molecule has 0 bridgehead atoms. The van der Waals surface area contributed by atoms with Crippen LogP contribution in [0.5, 0.6) is 0 Å². The van der Waals surface area contributed by atoms with Crippen molar-refractivity contribution in [2.24, 2.45) is 5.92 Å². The maximum Gasteiger partial charge on any atom is 0.255 e. The summed E-state index contributed by atoms with van der Waals surface area (Å²) >= 11 is 6.20. The summed E-state index contributed by atoms with van der Waals surface area (Å²) in [6, 6.07) is 16.4. The van der Waals surface area contributed by atoms with Gasteiger partial charge in [0.15, 0.2) is 0 Å². The zero-order chi connectivity index (χ0) is 18.7. The lowest BCUT2D eigenvalue weighted by Crippen LogP contribution is -2.35. The predicted octanol–water partition coefficient (Wildman–Crippen LogP) is 4.48. The third-order valence-corrected chi connectivity index (χ3v) is 4.50.